The molecule has 1 atom stereocenters. The number of hydrogen-bond donors (Lipinski definition) is 1. The van der Waals surface area contributed by atoms with Crippen molar-refractivity contribution < 1.29 is 10.0 Å². The molecular formula is C8H8N4O3. The van der Waals surface area contributed by atoms with Crippen LogP contribution < -0.4 is 0 Å². The standard InChI is InChI=1S/C8H8N4O3/c9-11-10-5-8(13)6-3-1-2-4-7(6)12(14)15/h1-4,8,13H,5H2/t8-/m1/s1. The molecule has 7 nitrogen and oxygen atoms in total. The number of aliphatic hydroxyl groups is 1. The smallest absolute Gasteiger partial charge is 0.275 e. The lowest BCUT2D eigenvalue weighted by molar-refractivity contribution is -0.386. The summed E-state index contributed by atoms with van der Waals surface area (Å²) in [5, 5.41) is 23.3. The van der Waals surface area contributed by atoms with Crippen LogP contribution in [0.1, 0.15) is 11.7 Å². The van der Waals surface area contributed by atoms with Gasteiger partial charge in [-0.25, -0.2) is 0 Å². The first kappa shape index (κ1) is 11.0. The van der Waals surface area contributed by atoms with E-state index in [0.29, 0.717) is 0 Å². The number of azide groups is 1. The summed E-state index contributed by atoms with van der Waals surface area (Å²) in [4.78, 5) is 12.5. The molecular weight excluding hydrogens is 200 g/mol. The summed E-state index contributed by atoms with van der Waals surface area (Å²) in [6, 6.07) is 5.79. The number of aliphatic hydroxyl groups excluding tert-OH is 1. The van der Waals surface area contributed by atoms with Gasteiger partial charge in [0.05, 0.1) is 23.1 Å². The molecule has 0 unspecified atom stereocenters. The normalized spacial score (nSPS) is 11.5. The fraction of sp³-hybridized carbons (Fsp3) is 0.250. The Morgan fingerprint density at radius 3 is 2.87 bits per heavy atom. The Labute approximate surface area is 84.7 Å². The number of para-hydroxylation sites is 1. The number of nitrogens with zero attached hydrogens (tertiary/aromatic N) is 4. The van der Waals surface area contributed by atoms with Gasteiger partial charge in [-0.2, -0.15) is 0 Å². The second-order valence-electron chi connectivity index (χ2n) is 2.75. The van der Waals surface area contributed by atoms with E-state index in [1.54, 1.807) is 6.07 Å². The van der Waals surface area contributed by atoms with Crippen molar-refractivity contribution in [2.75, 3.05) is 6.54 Å². The summed E-state index contributed by atoms with van der Waals surface area (Å²) < 4.78 is 0. The second kappa shape index (κ2) is 4.94. The Bertz CT molecular complexity index is 414. The van der Waals surface area contributed by atoms with Gasteiger partial charge in [-0.3, -0.25) is 10.1 Å². The number of benzene rings is 1. The van der Waals surface area contributed by atoms with Gasteiger partial charge in [0.1, 0.15) is 0 Å². The van der Waals surface area contributed by atoms with Crippen LogP contribution in [0.4, 0.5) is 5.69 Å². The van der Waals surface area contributed by atoms with Crippen LogP contribution in [0.3, 0.4) is 0 Å². The van der Waals surface area contributed by atoms with Gasteiger partial charge < -0.3 is 5.11 Å². The first-order valence-electron chi connectivity index (χ1n) is 4.09. The maximum atomic E-state index is 10.6. The quantitative estimate of drug-likeness (QED) is 0.268. The third-order valence-electron chi connectivity index (χ3n) is 1.81. The van der Waals surface area contributed by atoms with Crippen molar-refractivity contribution in [1.82, 2.24) is 0 Å². The van der Waals surface area contributed by atoms with E-state index in [1.165, 1.54) is 18.2 Å². The Balaban J connectivity index is 3.01. The van der Waals surface area contributed by atoms with Gasteiger partial charge in [0.25, 0.3) is 5.69 Å². The van der Waals surface area contributed by atoms with E-state index < -0.39 is 11.0 Å². The summed E-state index contributed by atoms with van der Waals surface area (Å²) in [6.45, 7) is -0.221. The van der Waals surface area contributed by atoms with Crippen molar-refractivity contribution >= 4 is 5.69 Å². The summed E-state index contributed by atoms with van der Waals surface area (Å²) in [5.74, 6) is 0. The van der Waals surface area contributed by atoms with E-state index in [2.05, 4.69) is 10.0 Å². The molecule has 15 heavy (non-hydrogen) atoms. The summed E-state index contributed by atoms with van der Waals surface area (Å²) >= 11 is 0. The average molecular weight is 208 g/mol. The zero-order valence-electron chi connectivity index (χ0n) is 7.65. The van der Waals surface area contributed by atoms with E-state index in [9.17, 15) is 15.2 Å². The molecule has 1 N–H and O–H groups in total. The topological polar surface area (TPSA) is 112 Å². The molecule has 0 amide bonds. The molecule has 1 aromatic carbocycles. The first-order chi connectivity index (χ1) is 7.16. The van der Waals surface area contributed by atoms with E-state index in [4.69, 9.17) is 5.53 Å². The summed E-state index contributed by atoms with van der Waals surface area (Å²) in [6.07, 6.45) is -1.15. The fourth-order valence-electron chi connectivity index (χ4n) is 1.15. The molecule has 0 aliphatic carbocycles. The monoisotopic (exact) mass is 208 g/mol. The van der Waals surface area contributed by atoms with Crippen molar-refractivity contribution in [1.29, 1.82) is 0 Å². The molecule has 78 valence electrons. The van der Waals surface area contributed by atoms with Gasteiger partial charge in [0.15, 0.2) is 0 Å². The minimum atomic E-state index is -1.15. The third-order valence-corrected chi connectivity index (χ3v) is 1.81. The fourth-order valence-corrected chi connectivity index (χ4v) is 1.15. The van der Waals surface area contributed by atoms with E-state index in [-0.39, 0.29) is 17.8 Å². The average Bonchev–Trinajstić information content (AvgIpc) is 2.25. The predicted octanol–water partition coefficient (Wildman–Crippen LogP) is 1.94. The highest BCUT2D eigenvalue weighted by Crippen LogP contribution is 2.24. The lowest BCUT2D eigenvalue weighted by Crippen LogP contribution is -2.04. The molecule has 0 fully saturated rings. The second-order valence-corrected chi connectivity index (χ2v) is 2.75. The van der Waals surface area contributed by atoms with E-state index in [0.717, 1.165) is 0 Å². The van der Waals surface area contributed by atoms with Gasteiger partial charge in [0.2, 0.25) is 0 Å². The largest absolute Gasteiger partial charge is 0.388 e. The predicted molar refractivity (Wildman–Crippen MR) is 52.1 cm³/mol. The molecule has 0 aliphatic rings. The molecule has 1 rings (SSSR count). The number of hydrogen-bond acceptors (Lipinski definition) is 4. The molecule has 0 heterocycles. The SMILES string of the molecule is [N-]=[N+]=NC[C@@H](O)c1ccccc1[N+](=O)[O-]. The lowest BCUT2D eigenvalue weighted by Gasteiger charge is -2.07. The zero-order valence-corrected chi connectivity index (χ0v) is 7.65. The molecule has 0 aliphatic heterocycles. The van der Waals surface area contributed by atoms with Crippen LogP contribution >= 0.6 is 0 Å². The summed E-state index contributed by atoms with van der Waals surface area (Å²) in [5.41, 5.74) is 8.02. The van der Waals surface area contributed by atoms with Crippen LogP contribution in [-0.4, -0.2) is 16.6 Å². The molecule has 0 spiro atoms. The highest BCUT2D eigenvalue weighted by molar-refractivity contribution is 5.41. The van der Waals surface area contributed by atoms with Crippen LogP contribution in [0.2, 0.25) is 0 Å². The molecule has 7 heteroatoms. The van der Waals surface area contributed by atoms with Crippen molar-refractivity contribution in [3.05, 3.63) is 50.4 Å². The molecule has 1 aromatic rings. The van der Waals surface area contributed by atoms with Gasteiger partial charge in [-0.15, -0.1) is 0 Å². The molecule has 0 saturated heterocycles. The highest BCUT2D eigenvalue weighted by Gasteiger charge is 2.18. The number of nitro benzene ring substituents is 1. The van der Waals surface area contributed by atoms with Gasteiger partial charge >= 0.3 is 0 Å². The maximum absolute atomic E-state index is 10.6. The van der Waals surface area contributed by atoms with Crippen molar-refractivity contribution in [3.8, 4) is 0 Å². The minimum absolute atomic E-state index is 0.148. The molecule has 0 radical (unpaired) electrons. The van der Waals surface area contributed by atoms with E-state index >= 15 is 0 Å². The Morgan fingerprint density at radius 2 is 2.27 bits per heavy atom. The van der Waals surface area contributed by atoms with Crippen molar-refractivity contribution in [2.24, 2.45) is 5.11 Å². The first-order valence-corrected chi connectivity index (χ1v) is 4.09. The molecule has 0 saturated carbocycles. The summed E-state index contributed by atoms with van der Waals surface area (Å²) in [7, 11) is 0. The van der Waals surface area contributed by atoms with Gasteiger partial charge in [0, 0.05) is 11.0 Å². The highest BCUT2D eigenvalue weighted by atomic mass is 16.6. The minimum Gasteiger partial charge on any atom is -0.388 e. The Morgan fingerprint density at radius 1 is 1.60 bits per heavy atom. The van der Waals surface area contributed by atoms with Crippen LogP contribution in [0, 0.1) is 10.1 Å². The Kier molecular flexibility index (Phi) is 3.61. The van der Waals surface area contributed by atoms with Gasteiger partial charge in [-0.05, 0) is 11.6 Å². The van der Waals surface area contributed by atoms with Crippen molar-refractivity contribution in [2.45, 2.75) is 6.10 Å². The van der Waals surface area contributed by atoms with E-state index in [1.807, 2.05) is 0 Å². The van der Waals surface area contributed by atoms with Crippen LogP contribution in [0.5, 0.6) is 0 Å². The third kappa shape index (κ3) is 2.67. The van der Waals surface area contributed by atoms with Crippen LogP contribution in [0.25, 0.3) is 10.4 Å². The van der Waals surface area contributed by atoms with Crippen LogP contribution in [0.15, 0.2) is 29.4 Å². The zero-order chi connectivity index (χ0) is 11.3. The van der Waals surface area contributed by atoms with Crippen molar-refractivity contribution in [3.63, 3.8) is 0 Å². The molecule has 0 bridgehead atoms. The maximum Gasteiger partial charge on any atom is 0.275 e. The molecule has 0 aromatic heterocycles. The number of rotatable bonds is 4. The van der Waals surface area contributed by atoms with Crippen LogP contribution in [-0.2, 0) is 0 Å². The lowest BCUT2D eigenvalue weighted by atomic mass is 10.1. The number of nitro groups is 1. The van der Waals surface area contributed by atoms with Gasteiger partial charge in [-0.1, -0.05) is 17.2 Å². The Hall–Kier alpha value is -2.11.